The Morgan fingerprint density at radius 3 is 1.60 bits per heavy atom. The van der Waals surface area contributed by atoms with E-state index < -0.39 is 27.6 Å². The molecule has 254 valence electrons. The average Bonchev–Trinajstić information content (AvgIpc) is 3.70. The number of alkyl halides is 1. The molecule has 1 aromatic carbocycles. The van der Waals surface area contributed by atoms with Crippen LogP contribution < -0.4 is 32.7 Å². The first-order valence-corrected chi connectivity index (χ1v) is 16.5. The van der Waals surface area contributed by atoms with Crippen molar-refractivity contribution in [2.24, 2.45) is 37.6 Å². The maximum absolute atomic E-state index is 13.1. The van der Waals surface area contributed by atoms with Crippen molar-refractivity contribution in [1.29, 1.82) is 0 Å². The number of nitrogens with zero attached hydrogens (tertiary/aromatic N) is 4. The molecular weight excluding hydrogens is 664 g/mol. The van der Waals surface area contributed by atoms with E-state index >= 15 is 0 Å². The fourth-order valence-corrected chi connectivity index (χ4v) is 6.25. The molecule has 0 fully saturated rings. The molecule has 4 amide bonds. The summed E-state index contributed by atoms with van der Waals surface area (Å²) in [6, 6.07) is 9.96. The second-order valence-electron chi connectivity index (χ2n) is 10.6. The van der Waals surface area contributed by atoms with Crippen LogP contribution in [0.4, 0.5) is 17.1 Å². The molecule has 16 nitrogen and oxygen atoms in total. The van der Waals surface area contributed by atoms with Gasteiger partial charge >= 0.3 is 0 Å². The number of nitrogens with one attached hydrogen (secondary N) is 4. The van der Waals surface area contributed by atoms with Crippen molar-refractivity contribution in [2.45, 2.75) is 4.90 Å². The summed E-state index contributed by atoms with van der Waals surface area (Å²) in [7, 11) is 1.39. The van der Waals surface area contributed by atoms with Gasteiger partial charge < -0.3 is 46.4 Å². The zero-order valence-electron chi connectivity index (χ0n) is 26.3. The number of aryl methyl sites for hydroxylation is 3. The molecular formula is C30H35ClN10O6S. The third kappa shape index (κ3) is 8.62. The number of sulfone groups is 1. The number of hydrogen-bond donors (Lipinski definition) is 6. The second kappa shape index (κ2) is 14.9. The predicted molar refractivity (Wildman–Crippen MR) is 182 cm³/mol. The van der Waals surface area contributed by atoms with E-state index in [-0.39, 0.29) is 58.4 Å². The zero-order valence-corrected chi connectivity index (χ0v) is 27.9. The van der Waals surface area contributed by atoms with Crippen molar-refractivity contribution in [3.05, 3.63) is 83.7 Å². The van der Waals surface area contributed by atoms with Gasteiger partial charge in [0.2, 0.25) is 0 Å². The Balaban J connectivity index is 1.37. The average molecular weight is 699 g/mol. The van der Waals surface area contributed by atoms with Crippen molar-refractivity contribution in [3.63, 3.8) is 0 Å². The summed E-state index contributed by atoms with van der Waals surface area (Å²) in [5.41, 5.74) is 12.6. The molecule has 0 spiro atoms. The minimum absolute atomic E-state index is 0.0434. The number of amides is 4. The summed E-state index contributed by atoms with van der Waals surface area (Å²) in [6.45, 7) is 0.444. The van der Waals surface area contributed by atoms with E-state index in [4.69, 9.17) is 23.1 Å². The first kappa shape index (κ1) is 35.3. The SMILES string of the molecule is Cn1cc(NC(=O)c2cc(NC(=O)c3cc(NC(=O)c4ccc(S(=O)(=O)CCCl)cc4)cn3C)cn2C)cc1C(=O)NCCN=C(N)N. The molecule has 3 aromatic heterocycles. The monoisotopic (exact) mass is 698 g/mol. The fourth-order valence-electron chi connectivity index (χ4n) is 4.65. The van der Waals surface area contributed by atoms with Crippen molar-refractivity contribution >= 4 is 68.1 Å². The van der Waals surface area contributed by atoms with Gasteiger partial charge in [-0.05, 0) is 42.5 Å². The maximum atomic E-state index is 13.1. The molecule has 0 aliphatic heterocycles. The van der Waals surface area contributed by atoms with E-state index in [1.807, 2.05) is 0 Å². The van der Waals surface area contributed by atoms with Gasteiger partial charge in [0.25, 0.3) is 23.6 Å². The van der Waals surface area contributed by atoms with Crippen LogP contribution in [-0.2, 0) is 31.0 Å². The first-order valence-electron chi connectivity index (χ1n) is 14.3. The molecule has 0 atom stereocenters. The van der Waals surface area contributed by atoms with E-state index in [1.165, 1.54) is 51.6 Å². The summed E-state index contributed by atoms with van der Waals surface area (Å²) >= 11 is 5.56. The van der Waals surface area contributed by atoms with E-state index in [0.29, 0.717) is 22.8 Å². The van der Waals surface area contributed by atoms with Gasteiger partial charge in [-0.2, -0.15) is 0 Å². The number of nitrogens with two attached hydrogens (primary N) is 2. The van der Waals surface area contributed by atoms with Crippen LogP contribution in [0.15, 0.2) is 70.9 Å². The summed E-state index contributed by atoms with van der Waals surface area (Å²) in [4.78, 5) is 55.4. The van der Waals surface area contributed by atoms with E-state index in [1.54, 1.807) is 44.3 Å². The lowest BCUT2D eigenvalue weighted by atomic mass is 10.2. The van der Waals surface area contributed by atoms with Crippen molar-refractivity contribution in [2.75, 3.05) is 40.7 Å². The normalized spacial score (nSPS) is 11.1. The Hall–Kier alpha value is -5.55. The van der Waals surface area contributed by atoms with Crippen LogP contribution in [0.25, 0.3) is 0 Å². The Labute approximate surface area is 281 Å². The molecule has 0 saturated carbocycles. The number of benzene rings is 1. The van der Waals surface area contributed by atoms with Crippen LogP contribution in [0.1, 0.15) is 41.8 Å². The standard InChI is InChI=1S/C30H35ClN10O6S/c1-39-16-20(12-23(39)27(43)34-9-10-35-30(32)33)37-29(45)25-14-21(17-41(25)3)38-28(44)24-13-19(15-40(24)2)36-26(42)18-4-6-22(7-5-18)48(46,47)11-8-31/h4-7,12-17H,8-11H2,1-3H3,(H,34,43)(H,36,42)(H,37,45)(H,38,44)(H4,32,33,35). The molecule has 4 aromatic rings. The van der Waals surface area contributed by atoms with Gasteiger partial charge in [0, 0.05) is 57.7 Å². The van der Waals surface area contributed by atoms with Gasteiger partial charge in [-0.25, -0.2) is 8.42 Å². The number of carbonyl (C=O) groups is 4. The summed E-state index contributed by atoms with van der Waals surface area (Å²) < 4.78 is 29.0. The highest BCUT2D eigenvalue weighted by molar-refractivity contribution is 7.91. The molecule has 48 heavy (non-hydrogen) atoms. The molecule has 0 saturated heterocycles. The maximum Gasteiger partial charge on any atom is 0.272 e. The Kier molecular flexibility index (Phi) is 11.0. The largest absolute Gasteiger partial charge is 0.370 e. The number of guanidine groups is 1. The summed E-state index contributed by atoms with van der Waals surface area (Å²) in [5.74, 6) is -2.18. The van der Waals surface area contributed by atoms with Crippen LogP contribution in [0, 0.1) is 0 Å². The van der Waals surface area contributed by atoms with Gasteiger partial charge in [-0.1, -0.05) is 0 Å². The molecule has 0 unspecified atom stereocenters. The van der Waals surface area contributed by atoms with E-state index in [2.05, 4.69) is 26.3 Å². The minimum Gasteiger partial charge on any atom is -0.370 e. The van der Waals surface area contributed by atoms with Gasteiger partial charge in [-0.15, -0.1) is 11.6 Å². The second-order valence-corrected chi connectivity index (χ2v) is 13.1. The molecule has 8 N–H and O–H groups in total. The van der Waals surface area contributed by atoms with Crippen LogP contribution in [0.5, 0.6) is 0 Å². The number of aliphatic imine (C=N–C) groups is 1. The quantitative estimate of drug-likeness (QED) is 0.0517. The number of anilines is 3. The molecule has 0 aliphatic rings. The lowest BCUT2D eigenvalue weighted by Gasteiger charge is -2.05. The summed E-state index contributed by atoms with van der Waals surface area (Å²) in [5, 5.41) is 10.9. The van der Waals surface area contributed by atoms with Crippen molar-refractivity contribution in [1.82, 2.24) is 19.0 Å². The smallest absolute Gasteiger partial charge is 0.272 e. The van der Waals surface area contributed by atoms with Crippen molar-refractivity contribution in [3.8, 4) is 0 Å². The number of aromatic nitrogens is 3. The fraction of sp³-hybridized carbons (Fsp3) is 0.233. The Morgan fingerprint density at radius 2 is 1.17 bits per heavy atom. The first-order chi connectivity index (χ1) is 22.7. The van der Waals surface area contributed by atoms with Crippen LogP contribution in [-0.4, -0.2) is 76.4 Å². The predicted octanol–water partition coefficient (Wildman–Crippen LogP) is 1.47. The molecule has 0 bridgehead atoms. The van der Waals surface area contributed by atoms with Crippen LogP contribution in [0.3, 0.4) is 0 Å². The Morgan fingerprint density at radius 1 is 0.729 bits per heavy atom. The molecule has 0 radical (unpaired) electrons. The highest BCUT2D eigenvalue weighted by Gasteiger charge is 2.20. The lowest BCUT2D eigenvalue weighted by molar-refractivity contribution is 0.0944. The van der Waals surface area contributed by atoms with Crippen LogP contribution in [0.2, 0.25) is 0 Å². The lowest BCUT2D eigenvalue weighted by Crippen LogP contribution is -2.29. The molecule has 18 heteroatoms. The number of carbonyl (C=O) groups excluding carboxylic acids is 4. The van der Waals surface area contributed by atoms with Gasteiger partial charge in [0.05, 0.1) is 34.3 Å². The van der Waals surface area contributed by atoms with E-state index in [0.717, 1.165) is 0 Å². The number of rotatable bonds is 13. The summed E-state index contributed by atoms with van der Waals surface area (Å²) in [6.07, 6.45) is 4.70. The highest BCUT2D eigenvalue weighted by atomic mass is 35.5. The Bertz CT molecular complexity index is 1990. The molecule has 0 aliphatic carbocycles. The number of halogens is 1. The zero-order chi connectivity index (χ0) is 35.2. The molecule has 3 heterocycles. The van der Waals surface area contributed by atoms with Gasteiger partial charge in [-0.3, -0.25) is 24.2 Å². The third-order valence-corrected chi connectivity index (χ3v) is 9.14. The van der Waals surface area contributed by atoms with Crippen LogP contribution >= 0.6 is 11.6 Å². The number of hydrogen-bond acceptors (Lipinski definition) is 7. The van der Waals surface area contributed by atoms with Crippen molar-refractivity contribution < 1.29 is 27.6 Å². The van der Waals surface area contributed by atoms with Gasteiger partial charge in [0.1, 0.15) is 17.1 Å². The van der Waals surface area contributed by atoms with E-state index in [9.17, 15) is 27.6 Å². The van der Waals surface area contributed by atoms with Gasteiger partial charge in [0.15, 0.2) is 15.8 Å². The molecule has 4 rings (SSSR count). The minimum atomic E-state index is -3.54. The third-order valence-electron chi connectivity index (χ3n) is 7.00. The highest BCUT2D eigenvalue weighted by Crippen LogP contribution is 2.21. The topological polar surface area (TPSA) is 230 Å².